The van der Waals surface area contributed by atoms with Crippen LogP contribution in [-0.4, -0.2) is 11.8 Å². The van der Waals surface area contributed by atoms with Gasteiger partial charge in [-0.1, -0.05) is 41.2 Å². The maximum absolute atomic E-state index is 12.3. The van der Waals surface area contributed by atoms with E-state index in [1.807, 2.05) is 27.7 Å². The van der Waals surface area contributed by atoms with Crippen LogP contribution in [0.1, 0.15) is 73.1 Å². The molecule has 0 radical (unpaired) electrons. The number of halogens is 3. The van der Waals surface area contributed by atoms with Crippen LogP contribution in [0.3, 0.4) is 0 Å². The third kappa shape index (κ3) is 6.19. The molecule has 0 saturated heterocycles. The van der Waals surface area contributed by atoms with Gasteiger partial charge in [-0.2, -0.15) is 13.2 Å². The van der Waals surface area contributed by atoms with Gasteiger partial charge >= 0.3 is 6.18 Å². The maximum atomic E-state index is 12.3. The van der Waals surface area contributed by atoms with Gasteiger partial charge in [0, 0.05) is 11.8 Å². The smallest absolute Gasteiger partial charge is 0.389 e. The average molecular weight is 294 g/mol. The Kier molecular flexibility index (Phi) is 7.12. The van der Waals surface area contributed by atoms with Crippen molar-refractivity contribution in [1.29, 1.82) is 0 Å². The Labute approximate surface area is 121 Å². The summed E-state index contributed by atoms with van der Waals surface area (Å²) < 4.78 is 42.9. The molecule has 0 aliphatic rings. The number of rotatable bonds is 9. The molecule has 0 aromatic rings. The van der Waals surface area contributed by atoms with Gasteiger partial charge in [-0.3, -0.25) is 0 Å². The van der Waals surface area contributed by atoms with Crippen molar-refractivity contribution >= 4 is 0 Å². The molecule has 0 fully saturated rings. The molecule has 120 valence electrons. The zero-order chi connectivity index (χ0) is 16.0. The standard InChI is InChI=1S/C16H29F3O/c1-7-14(5,6)13(4)20-15(8-2,9-3)11-10-12-16(17,18)19/h4,7-12H2,1-3,5-6H3. The summed E-state index contributed by atoms with van der Waals surface area (Å²) in [5, 5.41) is 0. The predicted octanol–water partition coefficient (Wildman–Crippen LogP) is 6.24. The molecule has 0 spiro atoms. The number of alkyl halides is 3. The van der Waals surface area contributed by atoms with Crippen LogP contribution in [-0.2, 0) is 4.74 Å². The highest BCUT2D eigenvalue weighted by Crippen LogP contribution is 2.38. The van der Waals surface area contributed by atoms with E-state index in [-0.39, 0.29) is 11.8 Å². The topological polar surface area (TPSA) is 9.23 Å². The Morgan fingerprint density at radius 1 is 0.950 bits per heavy atom. The fourth-order valence-corrected chi connectivity index (χ4v) is 2.01. The summed E-state index contributed by atoms with van der Waals surface area (Å²) >= 11 is 0. The Balaban J connectivity index is 4.72. The summed E-state index contributed by atoms with van der Waals surface area (Å²) in [6.07, 6.45) is -2.05. The number of ether oxygens (including phenoxy) is 1. The molecule has 0 aliphatic carbocycles. The van der Waals surface area contributed by atoms with E-state index in [1.165, 1.54) is 0 Å². The molecule has 4 heteroatoms. The van der Waals surface area contributed by atoms with Crippen LogP contribution in [0.2, 0.25) is 0 Å². The van der Waals surface area contributed by atoms with E-state index in [0.717, 1.165) is 6.42 Å². The lowest BCUT2D eigenvalue weighted by molar-refractivity contribution is -0.139. The van der Waals surface area contributed by atoms with Gasteiger partial charge in [-0.25, -0.2) is 0 Å². The van der Waals surface area contributed by atoms with Crippen LogP contribution < -0.4 is 0 Å². The quantitative estimate of drug-likeness (QED) is 0.457. The van der Waals surface area contributed by atoms with Crippen molar-refractivity contribution in [2.75, 3.05) is 0 Å². The summed E-state index contributed by atoms with van der Waals surface area (Å²) in [4.78, 5) is 0. The highest BCUT2D eigenvalue weighted by atomic mass is 19.4. The molecular weight excluding hydrogens is 265 g/mol. The van der Waals surface area contributed by atoms with E-state index in [1.54, 1.807) is 0 Å². The second-order valence-electron chi connectivity index (χ2n) is 6.12. The first-order chi connectivity index (χ1) is 9.02. The fraction of sp³-hybridized carbons (Fsp3) is 0.875. The first kappa shape index (κ1) is 19.3. The van der Waals surface area contributed by atoms with Crippen molar-refractivity contribution in [3.8, 4) is 0 Å². The van der Waals surface area contributed by atoms with E-state index < -0.39 is 18.2 Å². The van der Waals surface area contributed by atoms with Crippen molar-refractivity contribution in [3.05, 3.63) is 12.3 Å². The Bertz CT molecular complexity index is 301. The minimum atomic E-state index is -4.09. The first-order valence-corrected chi connectivity index (χ1v) is 7.47. The second-order valence-corrected chi connectivity index (χ2v) is 6.12. The van der Waals surface area contributed by atoms with Crippen LogP contribution in [0, 0.1) is 5.41 Å². The molecule has 0 heterocycles. The lowest BCUT2D eigenvalue weighted by atomic mass is 9.86. The lowest BCUT2D eigenvalue weighted by Crippen LogP contribution is -2.34. The van der Waals surface area contributed by atoms with Gasteiger partial charge in [0.2, 0.25) is 0 Å². The largest absolute Gasteiger partial charge is 0.492 e. The van der Waals surface area contributed by atoms with Crippen LogP contribution in [0.4, 0.5) is 13.2 Å². The minimum Gasteiger partial charge on any atom is -0.492 e. The molecule has 0 bridgehead atoms. The van der Waals surface area contributed by atoms with Crippen molar-refractivity contribution in [3.63, 3.8) is 0 Å². The molecule has 0 aromatic carbocycles. The molecular formula is C16H29F3O. The maximum Gasteiger partial charge on any atom is 0.389 e. The molecule has 0 N–H and O–H groups in total. The molecule has 20 heavy (non-hydrogen) atoms. The Hall–Kier alpha value is -0.670. The van der Waals surface area contributed by atoms with Gasteiger partial charge < -0.3 is 4.74 Å². The first-order valence-electron chi connectivity index (χ1n) is 7.47. The molecule has 0 rings (SSSR count). The van der Waals surface area contributed by atoms with Gasteiger partial charge in [0.15, 0.2) is 0 Å². The SMILES string of the molecule is C=C(OC(CC)(CC)CCCC(F)(F)F)C(C)(C)CC. The number of hydrogen-bond acceptors (Lipinski definition) is 1. The van der Waals surface area contributed by atoms with Crippen LogP contribution in [0.15, 0.2) is 12.3 Å². The average Bonchev–Trinajstić information content (AvgIpc) is 2.35. The second kappa shape index (κ2) is 7.37. The van der Waals surface area contributed by atoms with E-state index in [2.05, 4.69) is 13.5 Å². The summed E-state index contributed by atoms with van der Waals surface area (Å²) in [6, 6.07) is 0. The third-order valence-electron chi connectivity index (χ3n) is 4.36. The lowest BCUT2D eigenvalue weighted by Gasteiger charge is -2.38. The van der Waals surface area contributed by atoms with Crippen LogP contribution in [0.5, 0.6) is 0 Å². The van der Waals surface area contributed by atoms with E-state index >= 15 is 0 Å². The fourth-order valence-electron chi connectivity index (χ4n) is 2.01. The molecule has 0 aromatic heterocycles. The molecule has 0 saturated carbocycles. The van der Waals surface area contributed by atoms with Gasteiger partial charge in [0.1, 0.15) is 5.60 Å². The van der Waals surface area contributed by atoms with Crippen LogP contribution >= 0.6 is 0 Å². The van der Waals surface area contributed by atoms with E-state index in [9.17, 15) is 13.2 Å². The molecule has 1 nitrogen and oxygen atoms in total. The van der Waals surface area contributed by atoms with Gasteiger partial charge in [-0.15, -0.1) is 0 Å². The van der Waals surface area contributed by atoms with E-state index in [0.29, 0.717) is 25.0 Å². The Morgan fingerprint density at radius 3 is 1.80 bits per heavy atom. The van der Waals surface area contributed by atoms with Crippen molar-refractivity contribution in [2.45, 2.75) is 84.9 Å². The summed E-state index contributed by atoms with van der Waals surface area (Å²) in [7, 11) is 0. The zero-order valence-electron chi connectivity index (χ0n) is 13.5. The monoisotopic (exact) mass is 294 g/mol. The number of hydrogen-bond donors (Lipinski definition) is 0. The molecule has 0 atom stereocenters. The normalized spacial score (nSPS) is 13.4. The summed E-state index contributed by atoms with van der Waals surface area (Å²) in [5.41, 5.74) is -0.672. The van der Waals surface area contributed by atoms with Crippen molar-refractivity contribution in [1.82, 2.24) is 0 Å². The molecule has 0 aliphatic heterocycles. The Morgan fingerprint density at radius 2 is 1.45 bits per heavy atom. The van der Waals surface area contributed by atoms with Gasteiger partial charge in [0.25, 0.3) is 0 Å². The highest BCUT2D eigenvalue weighted by Gasteiger charge is 2.34. The van der Waals surface area contributed by atoms with Crippen LogP contribution in [0.25, 0.3) is 0 Å². The highest BCUT2D eigenvalue weighted by molar-refractivity contribution is 5.01. The third-order valence-corrected chi connectivity index (χ3v) is 4.36. The summed E-state index contributed by atoms with van der Waals surface area (Å²) in [5.74, 6) is 0.677. The van der Waals surface area contributed by atoms with Gasteiger partial charge in [0.05, 0.1) is 5.76 Å². The van der Waals surface area contributed by atoms with Crippen molar-refractivity contribution < 1.29 is 17.9 Å². The molecule has 0 unspecified atom stereocenters. The van der Waals surface area contributed by atoms with Crippen molar-refractivity contribution in [2.24, 2.45) is 5.41 Å². The van der Waals surface area contributed by atoms with Gasteiger partial charge in [-0.05, 0) is 32.1 Å². The number of allylic oxidation sites excluding steroid dienone is 1. The zero-order valence-corrected chi connectivity index (χ0v) is 13.5. The predicted molar refractivity (Wildman–Crippen MR) is 77.5 cm³/mol. The minimum absolute atomic E-state index is 0.102. The van der Waals surface area contributed by atoms with E-state index in [4.69, 9.17) is 4.74 Å². The molecule has 0 amide bonds. The summed E-state index contributed by atoms with van der Waals surface area (Å²) in [6.45, 7) is 14.1.